The first-order valence-electron chi connectivity index (χ1n) is 8.30. The van der Waals surface area contributed by atoms with Gasteiger partial charge in [0.05, 0.1) is 17.4 Å². The van der Waals surface area contributed by atoms with Crippen LogP contribution in [-0.2, 0) is 4.79 Å². The Morgan fingerprint density at radius 3 is 2.48 bits per heavy atom. The Morgan fingerprint density at radius 2 is 1.81 bits per heavy atom. The van der Waals surface area contributed by atoms with Gasteiger partial charge >= 0.3 is 0 Å². The number of hydrogen-bond acceptors (Lipinski definition) is 2. The van der Waals surface area contributed by atoms with Crippen LogP contribution >= 0.6 is 0 Å². The Labute approximate surface area is 127 Å². The van der Waals surface area contributed by atoms with Crippen molar-refractivity contribution in [1.29, 1.82) is 0 Å². The monoisotopic (exact) mass is 286 g/mol. The first-order chi connectivity index (χ1) is 10.2. The van der Waals surface area contributed by atoms with E-state index in [0.717, 1.165) is 24.7 Å². The Bertz CT molecular complexity index is 508. The summed E-state index contributed by atoms with van der Waals surface area (Å²) in [5.41, 5.74) is 2.32. The molecule has 1 aliphatic carbocycles. The van der Waals surface area contributed by atoms with Gasteiger partial charge in [-0.05, 0) is 37.8 Å². The SMILES string of the molecule is CC(=O)N1c2ccccc2N(CC2CCCCC2)C[C@@H]1C. The number of hydrogen-bond donors (Lipinski definition) is 0. The van der Waals surface area contributed by atoms with Gasteiger partial charge < -0.3 is 9.80 Å². The second kappa shape index (κ2) is 6.08. The van der Waals surface area contributed by atoms with Crippen molar-refractivity contribution >= 4 is 17.3 Å². The molecule has 1 aromatic carbocycles. The van der Waals surface area contributed by atoms with Gasteiger partial charge in [0.15, 0.2) is 0 Å². The predicted molar refractivity (Wildman–Crippen MR) is 87.9 cm³/mol. The van der Waals surface area contributed by atoms with E-state index in [1.54, 1.807) is 6.92 Å². The smallest absolute Gasteiger partial charge is 0.224 e. The number of para-hydroxylation sites is 2. The number of rotatable bonds is 2. The van der Waals surface area contributed by atoms with Crippen LogP contribution in [0.4, 0.5) is 11.4 Å². The van der Waals surface area contributed by atoms with Crippen LogP contribution in [0.15, 0.2) is 24.3 Å². The van der Waals surface area contributed by atoms with Crippen LogP contribution in [0.3, 0.4) is 0 Å². The molecule has 3 rings (SSSR count). The number of anilines is 2. The standard InChI is InChI=1S/C18H26N2O/c1-14-12-19(13-16-8-4-3-5-9-16)17-10-6-7-11-18(17)20(14)15(2)21/h6-7,10-11,14,16H,3-5,8-9,12-13H2,1-2H3/t14-/m0/s1. The minimum atomic E-state index is 0.146. The van der Waals surface area contributed by atoms with E-state index in [4.69, 9.17) is 0 Å². The average molecular weight is 286 g/mol. The first kappa shape index (κ1) is 14.4. The van der Waals surface area contributed by atoms with Gasteiger partial charge in [-0.3, -0.25) is 4.79 Å². The highest BCUT2D eigenvalue weighted by atomic mass is 16.2. The van der Waals surface area contributed by atoms with Crippen molar-refractivity contribution < 1.29 is 4.79 Å². The molecule has 1 heterocycles. The van der Waals surface area contributed by atoms with Crippen LogP contribution in [0.2, 0.25) is 0 Å². The third-order valence-corrected chi connectivity index (χ3v) is 4.95. The largest absolute Gasteiger partial charge is 0.368 e. The minimum absolute atomic E-state index is 0.146. The number of benzene rings is 1. The van der Waals surface area contributed by atoms with Crippen LogP contribution in [0, 0.1) is 5.92 Å². The molecule has 0 aromatic heterocycles. The molecule has 1 amide bonds. The summed E-state index contributed by atoms with van der Waals surface area (Å²) in [6.07, 6.45) is 6.90. The molecule has 1 aromatic rings. The van der Waals surface area contributed by atoms with Crippen molar-refractivity contribution in [3.05, 3.63) is 24.3 Å². The highest BCUT2D eigenvalue weighted by Crippen LogP contribution is 2.37. The maximum atomic E-state index is 12.0. The Morgan fingerprint density at radius 1 is 1.14 bits per heavy atom. The Hall–Kier alpha value is -1.51. The summed E-state index contributed by atoms with van der Waals surface area (Å²) >= 11 is 0. The topological polar surface area (TPSA) is 23.6 Å². The lowest BCUT2D eigenvalue weighted by Gasteiger charge is -2.43. The van der Waals surface area contributed by atoms with E-state index in [1.165, 1.54) is 37.8 Å². The molecule has 3 heteroatoms. The molecule has 1 fully saturated rings. The van der Waals surface area contributed by atoms with Gasteiger partial charge in [0.2, 0.25) is 5.91 Å². The van der Waals surface area contributed by atoms with Crippen LogP contribution in [-0.4, -0.2) is 25.0 Å². The molecule has 114 valence electrons. The van der Waals surface area contributed by atoms with Crippen molar-refractivity contribution in [1.82, 2.24) is 0 Å². The van der Waals surface area contributed by atoms with Gasteiger partial charge in [0.1, 0.15) is 0 Å². The lowest BCUT2D eigenvalue weighted by Crippen LogP contribution is -2.50. The summed E-state index contributed by atoms with van der Waals surface area (Å²) in [6, 6.07) is 8.62. The highest BCUT2D eigenvalue weighted by Gasteiger charge is 2.31. The lowest BCUT2D eigenvalue weighted by atomic mass is 9.88. The van der Waals surface area contributed by atoms with E-state index < -0.39 is 0 Å². The zero-order chi connectivity index (χ0) is 14.8. The summed E-state index contributed by atoms with van der Waals surface area (Å²) in [7, 11) is 0. The zero-order valence-corrected chi connectivity index (χ0v) is 13.2. The second-order valence-electron chi connectivity index (χ2n) is 6.64. The fourth-order valence-corrected chi connectivity index (χ4v) is 4.01. The van der Waals surface area contributed by atoms with Gasteiger partial charge in [-0.25, -0.2) is 0 Å². The van der Waals surface area contributed by atoms with Crippen molar-refractivity contribution in [2.24, 2.45) is 5.92 Å². The molecule has 0 unspecified atom stereocenters. The van der Waals surface area contributed by atoms with Crippen LogP contribution in [0.5, 0.6) is 0 Å². The second-order valence-corrected chi connectivity index (χ2v) is 6.64. The van der Waals surface area contributed by atoms with E-state index >= 15 is 0 Å². The number of amides is 1. The van der Waals surface area contributed by atoms with Crippen molar-refractivity contribution in [3.8, 4) is 0 Å². The molecule has 3 nitrogen and oxygen atoms in total. The third kappa shape index (κ3) is 2.92. The summed E-state index contributed by atoms with van der Waals surface area (Å²) in [5.74, 6) is 0.968. The number of carbonyl (C=O) groups is 1. The van der Waals surface area contributed by atoms with Crippen molar-refractivity contribution in [2.45, 2.75) is 52.0 Å². The number of carbonyl (C=O) groups excluding carboxylic acids is 1. The van der Waals surface area contributed by atoms with Gasteiger partial charge in [-0.15, -0.1) is 0 Å². The van der Waals surface area contributed by atoms with Crippen molar-refractivity contribution in [2.75, 3.05) is 22.9 Å². The summed E-state index contributed by atoms with van der Waals surface area (Å²) < 4.78 is 0. The summed E-state index contributed by atoms with van der Waals surface area (Å²) in [6.45, 7) is 5.93. The molecule has 0 N–H and O–H groups in total. The van der Waals surface area contributed by atoms with E-state index in [9.17, 15) is 4.79 Å². The van der Waals surface area contributed by atoms with Gasteiger partial charge in [0, 0.05) is 20.0 Å². The molecule has 0 saturated heterocycles. The molecule has 1 saturated carbocycles. The van der Waals surface area contributed by atoms with Crippen molar-refractivity contribution in [3.63, 3.8) is 0 Å². The molecule has 2 aliphatic rings. The summed E-state index contributed by atoms with van der Waals surface area (Å²) in [4.78, 5) is 16.4. The predicted octanol–water partition coefficient (Wildman–Crippen LogP) is 3.83. The fraction of sp³-hybridized carbons (Fsp3) is 0.611. The van der Waals surface area contributed by atoms with Crippen LogP contribution in [0.25, 0.3) is 0 Å². The third-order valence-electron chi connectivity index (χ3n) is 4.95. The maximum Gasteiger partial charge on any atom is 0.224 e. The normalized spacial score (nSPS) is 23.0. The minimum Gasteiger partial charge on any atom is -0.368 e. The molecule has 0 spiro atoms. The molecule has 21 heavy (non-hydrogen) atoms. The fourth-order valence-electron chi connectivity index (χ4n) is 4.01. The summed E-state index contributed by atoms with van der Waals surface area (Å²) in [5, 5.41) is 0. The number of fused-ring (bicyclic) bond motifs is 1. The van der Waals surface area contributed by atoms with Gasteiger partial charge in [0.25, 0.3) is 0 Å². The van der Waals surface area contributed by atoms with Crippen LogP contribution in [0.1, 0.15) is 46.0 Å². The molecule has 1 atom stereocenters. The van der Waals surface area contributed by atoms with E-state index in [-0.39, 0.29) is 11.9 Å². The molecular formula is C18H26N2O. The lowest BCUT2D eigenvalue weighted by molar-refractivity contribution is -0.117. The quantitative estimate of drug-likeness (QED) is 0.825. The maximum absolute atomic E-state index is 12.0. The van der Waals surface area contributed by atoms with Gasteiger partial charge in [-0.1, -0.05) is 31.4 Å². The first-order valence-corrected chi connectivity index (χ1v) is 8.30. The van der Waals surface area contributed by atoms with E-state index in [1.807, 2.05) is 11.0 Å². The van der Waals surface area contributed by atoms with E-state index in [0.29, 0.717) is 0 Å². The Balaban J connectivity index is 1.85. The number of nitrogens with zero attached hydrogens (tertiary/aromatic N) is 2. The van der Waals surface area contributed by atoms with Gasteiger partial charge in [-0.2, -0.15) is 0 Å². The molecule has 0 radical (unpaired) electrons. The highest BCUT2D eigenvalue weighted by molar-refractivity contribution is 5.97. The molecule has 0 bridgehead atoms. The van der Waals surface area contributed by atoms with E-state index in [2.05, 4.69) is 30.0 Å². The molecular weight excluding hydrogens is 260 g/mol. The molecule has 1 aliphatic heterocycles. The Kier molecular flexibility index (Phi) is 4.18. The average Bonchev–Trinajstić information content (AvgIpc) is 2.48. The zero-order valence-electron chi connectivity index (χ0n) is 13.2. The van der Waals surface area contributed by atoms with Crippen LogP contribution < -0.4 is 9.80 Å².